The fourth-order valence-corrected chi connectivity index (χ4v) is 4.29. The lowest BCUT2D eigenvalue weighted by Gasteiger charge is -2.26. The Morgan fingerprint density at radius 2 is 1.95 bits per heavy atom. The zero-order valence-electron chi connectivity index (χ0n) is 12.0. The van der Waals surface area contributed by atoms with Gasteiger partial charge in [0.25, 0.3) is 0 Å². The minimum atomic E-state index is -0.777. The van der Waals surface area contributed by atoms with Gasteiger partial charge in [0.2, 0.25) is 5.91 Å². The van der Waals surface area contributed by atoms with Crippen molar-refractivity contribution in [3.05, 3.63) is 0 Å². The van der Waals surface area contributed by atoms with E-state index in [-0.39, 0.29) is 18.0 Å². The normalized spacial score (nSPS) is 40.6. The van der Waals surface area contributed by atoms with E-state index in [1.807, 2.05) is 6.92 Å². The van der Waals surface area contributed by atoms with E-state index in [2.05, 4.69) is 5.32 Å². The van der Waals surface area contributed by atoms with Gasteiger partial charge in [-0.3, -0.25) is 9.59 Å². The molecule has 3 rings (SSSR count). The van der Waals surface area contributed by atoms with Crippen LogP contribution in [0.1, 0.15) is 45.4 Å². The summed E-state index contributed by atoms with van der Waals surface area (Å²) in [6.45, 7) is 2.45. The van der Waals surface area contributed by atoms with Crippen LogP contribution in [0.25, 0.3) is 0 Å². The maximum atomic E-state index is 12.6. The van der Waals surface area contributed by atoms with Gasteiger partial charge in [-0.05, 0) is 38.5 Å². The maximum absolute atomic E-state index is 12.6. The predicted octanol–water partition coefficient (Wildman–Crippen LogP) is 1.23. The van der Waals surface area contributed by atoms with Crippen LogP contribution < -0.4 is 5.32 Å². The molecule has 0 radical (unpaired) electrons. The van der Waals surface area contributed by atoms with Crippen molar-refractivity contribution in [2.24, 2.45) is 11.8 Å². The number of carboxylic acid groups (broad SMARTS) is 1. The Labute approximate surface area is 119 Å². The molecular weight excluding hydrogens is 256 g/mol. The van der Waals surface area contributed by atoms with Crippen molar-refractivity contribution in [1.82, 2.24) is 10.2 Å². The summed E-state index contributed by atoms with van der Waals surface area (Å²) in [5.74, 6) is -0.412. The fraction of sp³-hybridized carbons (Fsp3) is 0.867. The molecular formula is C15H24N2O3. The monoisotopic (exact) mass is 280 g/mol. The Morgan fingerprint density at radius 3 is 2.60 bits per heavy atom. The number of hydrogen-bond acceptors (Lipinski definition) is 3. The van der Waals surface area contributed by atoms with Crippen LogP contribution in [-0.4, -0.2) is 46.6 Å². The Bertz CT molecular complexity index is 398. The molecule has 20 heavy (non-hydrogen) atoms. The third-order valence-electron chi connectivity index (χ3n) is 5.52. The molecule has 5 heteroatoms. The molecule has 0 aromatic carbocycles. The van der Waals surface area contributed by atoms with Crippen LogP contribution in [-0.2, 0) is 9.59 Å². The van der Waals surface area contributed by atoms with Crippen LogP contribution in [0.3, 0.4) is 0 Å². The summed E-state index contributed by atoms with van der Waals surface area (Å²) < 4.78 is 0. The zero-order chi connectivity index (χ0) is 14.3. The smallest absolute Gasteiger partial charge is 0.308 e. The second-order valence-corrected chi connectivity index (χ2v) is 6.61. The molecule has 1 amide bonds. The number of aliphatic carboxylic acids is 1. The highest BCUT2D eigenvalue weighted by molar-refractivity contribution is 5.84. The van der Waals surface area contributed by atoms with Crippen LogP contribution in [0.15, 0.2) is 0 Å². The van der Waals surface area contributed by atoms with Gasteiger partial charge in [-0.2, -0.15) is 0 Å². The second-order valence-electron chi connectivity index (χ2n) is 6.61. The van der Waals surface area contributed by atoms with E-state index in [4.69, 9.17) is 5.11 Å². The first-order valence-corrected chi connectivity index (χ1v) is 7.87. The van der Waals surface area contributed by atoms with Crippen LogP contribution >= 0.6 is 0 Å². The highest BCUT2D eigenvalue weighted by atomic mass is 16.4. The van der Waals surface area contributed by atoms with Crippen LogP contribution in [0.4, 0.5) is 0 Å². The van der Waals surface area contributed by atoms with Crippen molar-refractivity contribution in [1.29, 1.82) is 0 Å². The number of hydrogen-bond donors (Lipinski definition) is 2. The molecule has 2 saturated heterocycles. The average molecular weight is 280 g/mol. The number of nitrogens with zero attached hydrogens (tertiary/aromatic N) is 1. The Hall–Kier alpha value is -1.10. The number of rotatable bonds is 2. The Balaban J connectivity index is 1.64. The molecule has 2 aliphatic heterocycles. The van der Waals surface area contributed by atoms with Gasteiger partial charge in [0.15, 0.2) is 0 Å². The third kappa shape index (κ3) is 2.32. The van der Waals surface area contributed by atoms with Crippen molar-refractivity contribution >= 4 is 11.9 Å². The average Bonchev–Trinajstić information content (AvgIpc) is 3.01. The molecule has 1 aliphatic carbocycles. The van der Waals surface area contributed by atoms with E-state index in [9.17, 15) is 9.59 Å². The number of fused-ring (bicyclic) bond motifs is 1. The number of amides is 1. The summed E-state index contributed by atoms with van der Waals surface area (Å²) in [6.07, 6.45) is 6.48. The molecule has 0 aromatic heterocycles. The fourth-order valence-electron chi connectivity index (χ4n) is 4.29. The minimum absolute atomic E-state index is 0.0851. The summed E-state index contributed by atoms with van der Waals surface area (Å²) in [7, 11) is 0. The predicted molar refractivity (Wildman–Crippen MR) is 74.2 cm³/mol. The first-order valence-electron chi connectivity index (χ1n) is 7.87. The van der Waals surface area contributed by atoms with Gasteiger partial charge in [0.1, 0.15) is 0 Å². The molecule has 3 fully saturated rings. The van der Waals surface area contributed by atoms with Gasteiger partial charge in [-0.15, -0.1) is 0 Å². The summed E-state index contributed by atoms with van der Waals surface area (Å²) in [5.41, 5.74) is 0. The molecule has 0 bridgehead atoms. The van der Waals surface area contributed by atoms with Crippen molar-refractivity contribution in [2.75, 3.05) is 6.54 Å². The highest BCUT2D eigenvalue weighted by Crippen LogP contribution is 2.35. The number of carboxylic acids is 1. The highest BCUT2D eigenvalue weighted by Gasteiger charge is 2.44. The number of carbonyl (C=O) groups excluding carboxylic acids is 1. The summed E-state index contributed by atoms with van der Waals surface area (Å²) >= 11 is 0. The quantitative estimate of drug-likeness (QED) is 0.798. The van der Waals surface area contributed by atoms with Gasteiger partial charge < -0.3 is 15.3 Å². The summed E-state index contributed by atoms with van der Waals surface area (Å²) in [4.78, 5) is 25.6. The van der Waals surface area contributed by atoms with Gasteiger partial charge in [0, 0.05) is 18.6 Å². The minimum Gasteiger partial charge on any atom is -0.481 e. The molecule has 2 N–H and O–H groups in total. The number of likely N-dealkylation sites (tertiary alicyclic amines) is 1. The maximum Gasteiger partial charge on any atom is 0.308 e. The Morgan fingerprint density at radius 1 is 1.20 bits per heavy atom. The van der Waals surface area contributed by atoms with Gasteiger partial charge in [-0.1, -0.05) is 12.8 Å². The molecule has 3 aliphatic rings. The van der Waals surface area contributed by atoms with E-state index in [1.54, 1.807) is 4.90 Å². The van der Waals surface area contributed by atoms with Gasteiger partial charge in [-0.25, -0.2) is 0 Å². The number of nitrogens with one attached hydrogen (secondary N) is 1. The van der Waals surface area contributed by atoms with Gasteiger partial charge >= 0.3 is 5.97 Å². The second kappa shape index (κ2) is 5.35. The lowest BCUT2D eigenvalue weighted by atomic mass is 9.85. The standard InChI is InChI=1S/C15H24N2O3/c1-9-11(15(19)20)6-7-17(9)14(18)13-8-10-4-2-3-5-12(10)16-13/h9-13,16H,2-8H2,1H3,(H,19,20). The molecule has 5 unspecified atom stereocenters. The number of carbonyl (C=O) groups is 2. The van der Waals surface area contributed by atoms with Crippen molar-refractivity contribution in [3.8, 4) is 0 Å². The molecule has 2 heterocycles. The largest absolute Gasteiger partial charge is 0.481 e. The van der Waals surface area contributed by atoms with Crippen molar-refractivity contribution in [3.63, 3.8) is 0 Å². The van der Waals surface area contributed by atoms with Crippen LogP contribution in [0.2, 0.25) is 0 Å². The van der Waals surface area contributed by atoms with Crippen LogP contribution in [0.5, 0.6) is 0 Å². The zero-order valence-corrected chi connectivity index (χ0v) is 12.0. The lowest BCUT2D eigenvalue weighted by molar-refractivity contribution is -0.143. The SMILES string of the molecule is CC1C(C(=O)O)CCN1C(=O)C1CC2CCCCC2N1. The van der Waals surface area contributed by atoms with Crippen LogP contribution in [0, 0.1) is 11.8 Å². The summed E-state index contributed by atoms with van der Waals surface area (Å²) in [5, 5.41) is 12.7. The molecule has 1 saturated carbocycles. The van der Waals surface area contributed by atoms with E-state index in [0.29, 0.717) is 24.9 Å². The lowest BCUT2D eigenvalue weighted by Crippen LogP contribution is -2.47. The first kappa shape index (κ1) is 13.9. The Kier molecular flexibility index (Phi) is 3.71. The van der Waals surface area contributed by atoms with E-state index in [0.717, 1.165) is 6.42 Å². The molecule has 112 valence electrons. The molecule has 5 nitrogen and oxygen atoms in total. The van der Waals surface area contributed by atoms with E-state index >= 15 is 0 Å². The molecule has 0 aromatic rings. The van der Waals surface area contributed by atoms with Gasteiger partial charge in [0.05, 0.1) is 12.0 Å². The summed E-state index contributed by atoms with van der Waals surface area (Å²) in [6, 6.07) is 0.244. The van der Waals surface area contributed by atoms with Crippen molar-refractivity contribution < 1.29 is 14.7 Å². The first-order chi connectivity index (χ1) is 9.58. The topological polar surface area (TPSA) is 69.6 Å². The third-order valence-corrected chi connectivity index (χ3v) is 5.52. The van der Waals surface area contributed by atoms with Crippen molar-refractivity contribution in [2.45, 2.75) is 63.6 Å². The van der Waals surface area contributed by atoms with E-state index < -0.39 is 11.9 Å². The molecule has 0 spiro atoms. The van der Waals surface area contributed by atoms with E-state index in [1.165, 1.54) is 25.7 Å². The molecule has 5 atom stereocenters.